The van der Waals surface area contributed by atoms with Crippen LogP contribution < -0.4 is 15.1 Å². The minimum atomic E-state index is -0.435. The number of ether oxygens (including phenoxy) is 2. The molecule has 0 unspecified atom stereocenters. The van der Waals surface area contributed by atoms with Crippen molar-refractivity contribution in [3.05, 3.63) is 77.5 Å². The molecule has 1 fully saturated rings. The van der Waals surface area contributed by atoms with Crippen LogP contribution in [-0.4, -0.2) is 59.0 Å². The molecule has 216 valence electrons. The second kappa shape index (κ2) is 12.4. The van der Waals surface area contributed by atoms with Gasteiger partial charge >= 0.3 is 5.97 Å². The topological polar surface area (TPSA) is 106 Å². The Morgan fingerprint density at radius 2 is 1.90 bits per heavy atom. The number of hydrogen-bond acceptors (Lipinski definition) is 12. The summed E-state index contributed by atoms with van der Waals surface area (Å²) in [7, 11) is 1.87. The maximum atomic E-state index is 12.9. The van der Waals surface area contributed by atoms with Gasteiger partial charge in [0.2, 0.25) is 0 Å². The van der Waals surface area contributed by atoms with Crippen molar-refractivity contribution in [3.8, 4) is 0 Å². The molecule has 0 spiro atoms. The Morgan fingerprint density at radius 3 is 2.69 bits per heavy atom. The first kappa shape index (κ1) is 28.0. The largest absolute Gasteiger partial charge is 0.461 e. The van der Waals surface area contributed by atoms with Crippen LogP contribution in [0.1, 0.15) is 35.0 Å². The first-order valence-corrected chi connectivity index (χ1v) is 15.4. The number of fused-ring (bicyclic) bond motifs is 1. The zero-order valence-corrected chi connectivity index (χ0v) is 25.2. The number of carbonyl (C=O) groups excluding carboxylic acids is 1. The van der Waals surface area contributed by atoms with Crippen LogP contribution in [-0.2, 0) is 16.1 Å². The van der Waals surface area contributed by atoms with E-state index in [2.05, 4.69) is 37.5 Å². The van der Waals surface area contributed by atoms with Gasteiger partial charge in [0, 0.05) is 20.1 Å². The lowest BCUT2D eigenvalue weighted by molar-refractivity contribution is 0.0518. The third kappa shape index (κ3) is 6.06. The van der Waals surface area contributed by atoms with Gasteiger partial charge in [0.15, 0.2) is 27.6 Å². The summed E-state index contributed by atoms with van der Waals surface area (Å²) in [5.41, 5.74) is 3.30. The van der Waals surface area contributed by atoms with E-state index in [4.69, 9.17) is 14.5 Å². The normalized spacial score (nSPS) is 14.8. The van der Waals surface area contributed by atoms with Crippen molar-refractivity contribution < 1.29 is 14.3 Å². The highest BCUT2D eigenvalue weighted by molar-refractivity contribution is 7.22. The van der Waals surface area contributed by atoms with Crippen molar-refractivity contribution in [1.29, 1.82) is 0 Å². The third-order valence-corrected chi connectivity index (χ3v) is 9.09. The Morgan fingerprint density at radius 1 is 1.10 bits per heavy atom. The van der Waals surface area contributed by atoms with E-state index in [1.165, 1.54) is 11.3 Å². The van der Waals surface area contributed by atoms with Gasteiger partial charge in [-0.25, -0.2) is 14.8 Å². The van der Waals surface area contributed by atoms with E-state index in [0.717, 1.165) is 44.4 Å². The summed E-state index contributed by atoms with van der Waals surface area (Å²) in [6.07, 6.45) is 0.930. The Balaban J connectivity index is 1.19. The van der Waals surface area contributed by atoms with Crippen molar-refractivity contribution in [2.45, 2.75) is 33.0 Å². The molecule has 0 saturated carbocycles. The van der Waals surface area contributed by atoms with E-state index in [1.54, 1.807) is 18.3 Å². The summed E-state index contributed by atoms with van der Waals surface area (Å²) in [6, 6.07) is 20.1. The molecule has 6 rings (SSSR count). The smallest absolute Gasteiger partial charge is 0.360 e. The molecule has 5 aromatic rings. The number of rotatable bonds is 10. The Labute approximate surface area is 252 Å². The van der Waals surface area contributed by atoms with Gasteiger partial charge in [0.25, 0.3) is 0 Å². The number of aromatic nitrogens is 4. The maximum Gasteiger partial charge on any atom is 0.360 e. The van der Waals surface area contributed by atoms with Crippen LogP contribution in [0.5, 0.6) is 0 Å². The molecular weight excluding hydrogens is 571 g/mol. The highest BCUT2D eigenvalue weighted by Crippen LogP contribution is 2.39. The molecule has 3 aromatic heterocycles. The average Bonchev–Trinajstić information content (AvgIpc) is 3.75. The molecular formula is C30H31N7O3S2. The van der Waals surface area contributed by atoms with Crippen molar-refractivity contribution in [2.75, 3.05) is 41.9 Å². The molecule has 1 aliphatic heterocycles. The molecule has 0 bridgehead atoms. The van der Waals surface area contributed by atoms with Crippen molar-refractivity contribution in [2.24, 2.45) is 0 Å². The van der Waals surface area contributed by atoms with Crippen LogP contribution in [0.2, 0.25) is 0 Å². The van der Waals surface area contributed by atoms with Gasteiger partial charge in [-0.15, -0.1) is 10.2 Å². The second-order valence-electron chi connectivity index (χ2n) is 9.93. The molecule has 1 N–H and O–H groups in total. The summed E-state index contributed by atoms with van der Waals surface area (Å²) in [6.45, 7) is 6.04. The lowest BCUT2D eigenvalue weighted by Crippen LogP contribution is -2.24. The fraction of sp³-hybridized carbons (Fsp3) is 0.300. The van der Waals surface area contributed by atoms with Gasteiger partial charge in [-0.1, -0.05) is 65.1 Å². The summed E-state index contributed by atoms with van der Waals surface area (Å²) >= 11 is 3.00. The molecule has 42 heavy (non-hydrogen) atoms. The fourth-order valence-electron chi connectivity index (χ4n) is 4.71. The average molecular weight is 602 g/mol. The summed E-state index contributed by atoms with van der Waals surface area (Å²) in [4.78, 5) is 26.3. The van der Waals surface area contributed by atoms with Gasteiger partial charge < -0.3 is 24.6 Å². The highest BCUT2D eigenvalue weighted by Gasteiger charge is 2.31. The quantitative estimate of drug-likeness (QED) is 0.182. The molecule has 4 heterocycles. The number of anilines is 5. The van der Waals surface area contributed by atoms with Crippen LogP contribution in [0.25, 0.3) is 10.2 Å². The molecule has 0 aliphatic carbocycles. The number of nitrogens with zero attached hydrogens (tertiary/aromatic N) is 6. The number of benzene rings is 2. The van der Waals surface area contributed by atoms with Crippen LogP contribution in [0.3, 0.4) is 0 Å². The fourth-order valence-corrected chi connectivity index (χ4v) is 6.64. The summed E-state index contributed by atoms with van der Waals surface area (Å²) < 4.78 is 12.6. The van der Waals surface area contributed by atoms with Crippen molar-refractivity contribution in [3.63, 3.8) is 0 Å². The first-order chi connectivity index (χ1) is 20.5. The molecule has 1 atom stereocenters. The van der Waals surface area contributed by atoms with Crippen LogP contribution >= 0.6 is 22.7 Å². The van der Waals surface area contributed by atoms with Gasteiger partial charge in [0.05, 0.1) is 29.5 Å². The van der Waals surface area contributed by atoms with E-state index in [1.807, 2.05) is 67.4 Å². The highest BCUT2D eigenvalue weighted by atomic mass is 32.1. The van der Waals surface area contributed by atoms with Gasteiger partial charge in [-0.3, -0.25) is 0 Å². The van der Waals surface area contributed by atoms with Crippen molar-refractivity contribution in [1.82, 2.24) is 20.2 Å². The van der Waals surface area contributed by atoms with Crippen molar-refractivity contribution >= 4 is 65.8 Å². The van der Waals surface area contributed by atoms with Crippen LogP contribution in [0, 0.1) is 6.92 Å². The Bertz CT molecular complexity index is 1660. The van der Waals surface area contributed by atoms with Gasteiger partial charge in [-0.05, 0) is 49.6 Å². The first-order valence-electron chi connectivity index (χ1n) is 13.8. The van der Waals surface area contributed by atoms with E-state index >= 15 is 0 Å². The number of thiazole rings is 2. The number of carbonyl (C=O) groups is 1. The lowest BCUT2D eigenvalue weighted by Gasteiger charge is -2.18. The number of hydrogen-bond donors (Lipinski definition) is 1. The Hall–Kier alpha value is -4.13. The van der Waals surface area contributed by atoms with Gasteiger partial charge in [0.1, 0.15) is 5.00 Å². The zero-order chi connectivity index (χ0) is 29.1. The third-order valence-electron chi connectivity index (χ3n) is 6.95. The predicted octanol–water partition coefficient (Wildman–Crippen LogP) is 6.33. The number of aryl methyl sites for hydroxylation is 1. The van der Waals surface area contributed by atoms with E-state index < -0.39 is 5.97 Å². The number of nitrogens with one attached hydrogen (secondary N) is 1. The number of para-hydroxylation sites is 1. The maximum absolute atomic E-state index is 12.9. The standard InChI is InChI=1S/C30H31N7O3S2/c1-4-39-28(38)25-27(37-15-14-21(17-37)40-18-20-10-6-5-7-11-20)42-30(32-25)36(3)24-16-19(2)26(35-34-24)33-29-31-22-12-8-9-13-23(22)41-29/h5-13,16,21H,4,14-15,17-18H2,1-3H3,(H,31,33,35)/t21-/m1/s1. The molecule has 0 amide bonds. The molecule has 2 aromatic carbocycles. The minimum Gasteiger partial charge on any atom is -0.461 e. The summed E-state index contributed by atoms with van der Waals surface area (Å²) in [5.74, 6) is 0.815. The van der Waals surface area contributed by atoms with E-state index in [9.17, 15) is 4.79 Å². The van der Waals surface area contributed by atoms with E-state index in [-0.39, 0.29) is 12.7 Å². The molecule has 12 heteroatoms. The minimum absolute atomic E-state index is 0.0625. The van der Waals surface area contributed by atoms with E-state index in [0.29, 0.717) is 35.6 Å². The monoisotopic (exact) mass is 601 g/mol. The van der Waals surface area contributed by atoms with Crippen LogP contribution in [0.4, 0.5) is 26.9 Å². The Kier molecular flexibility index (Phi) is 8.27. The zero-order valence-electron chi connectivity index (χ0n) is 23.6. The second-order valence-corrected chi connectivity index (χ2v) is 11.9. The molecule has 1 aliphatic rings. The van der Waals surface area contributed by atoms with Gasteiger partial charge in [-0.2, -0.15) is 0 Å². The molecule has 0 radical (unpaired) electrons. The lowest BCUT2D eigenvalue weighted by atomic mass is 10.2. The summed E-state index contributed by atoms with van der Waals surface area (Å²) in [5, 5.41) is 14.4. The SMILES string of the molecule is CCOC(=O)c1nc(N(C)c2cc(C)c(Nc3nc4ccccc4s3)nn2)sc1N1CC[C@@H](OCc2ccccc2)C1. The molecule has 10 nitrogen and oxygen atoms in total. The van der Waals surface area contributed by atoms with Crippen LogP contribution in [0.15, 0.2) is 60.7 Å². The molecule has 1 saturated heterocycles. The predicted molar refractivity (Wildman–Crippen MR) is 168 cm³/mol. The number of esters is 1.